The summed E-state index contributed by atoms with van der Waals surface area (Å²) in [5.74, 6) is 0.0491. The highest BCUT2D eigenvalue weighted by Crippen LogP contribution is 2.39. The largest absolute Gasteiger partial charge is 0.500 e. The summed E-state index contributed by atoms with van der Waals surface area (Å²) in [6.45, 7) is 0. The molecule has 0 fully saturated rings. The quantitative estimate of drug-likeness (QED) is 0.288. The van der Waals surface area contributed by atoms with Crippen LogP contribution in [0.5, 0.6) is 0 Å². The van der Waals surface area contributed by atoms with Crippen molar-refractivity contribution in [2.24, 2.45) is 0 Å². The highest BCUT2D eigenvalue weighted by molar-refractivity contribution is 5.95. The average molecular weight is 461 g/mol. The fourth-order valence-electron chi connectivity index (χ4n) is 5.01. The number of methoxy groups -OCH3 is 2. The minimum Gasteiger partial charge on any atom is -0.500 e. The van der Waals surface area contributed by atoms with Gasteiger partial charge in [-0.2, -0.15) is 0 Å². The minimum atomic E-state index is -0.352. The van der Waals surface area contributed by atoms with E-state index in [1.54, 1.807) is 7.11 Å². The molecule has 0 aliphatic heterocycles. The predicted octanol–water partition coefficient (Wildman–Crippen LogP) is 7.58. The van der Waals surface area contributed by atoms with Gasteiger partial charge in [-0.05, 0) is 39.1 Å². The maximum atomic E-state index is 13.0. The zero-order valence-electron chi connectivity index (χ0n) is 20.0. The summed E-state index contributed by atoms with van der Waals surface area (Å²) in [7, 11) is 3.06. The molecule has 0 spiro atoms. The molecule has 0 N–H and O–H groups in total. The van der Waals surface area contributed by atoms with E-state index in [0.29, 0.717) is 17.8 Å². The van der Waals surface area contributed by atoms with Crippen LogP contribution in [0.4, 0.5) is 0 Å². The smallest absolute Gasteiger partial charge is 0.338 e. The number of ether oxygens (including phenoxy) is 2. The summed E-state index contributed by atoms with van der Waals surface area (Å²) in [5, 5.41) is 4.69. The molecule has 5 rings (SSSR count). The van der Waals surface area contributed by atoms with Crippen LogP contribution in [0, 0.1) is 0 Å². The van der Waals surface area contributed by atoms with Crippen LogP contribution in [0.1, 0.15) is 29.9 Å². The topological polar surface area (TPSA) is 35.5 Å². The fraction of sp³-hybridized carbons (Fsp3) is 0.156. The normalized spacial score (nSPS) is 16.4. The first kappa shape index (κ1) is 22.7. The predicted molar refractivity (Wildman–Crippen MR) is 143 cm³/mol. The summed E-state index contributed by atoms with van der Waals surface area (Å²) >= 11 is 0. The van der Waals surface area contributed by atoms with Crippen LogP contribution in [-0.2, 0) is 14.3 Å². The van der Waals surface area contributed by atoms with Crippen molar-refractivity contribution in [2.45, 2.75) is 18.8 Å². The van der Waals surface area contributed by atoms with Gasteiger partial charge in [0, 0.05) is 12.3 Å². The number of allylic oxidation sites excluding steroid dienone is 4. The number of benzene rings is 4. The van der Waals surface area contributed by atoms with E-state index in [4.69, 9.17) is 9.47 Å². The molecule has 0 heterocycles. The average Bonchev–Trinajstić information content (AvgIpc) is 3.10. The van der Waals surface area contributed by atoms with Crippen LogP contribution in [0.15, 0.2) is 114 Å². The second-order valence-electron chi connectivity index (χ2n) is 8.72. The van der Waals surface area contributed by atoms with Crippen LogP contribution in [0.25, 0.3) is 27.6 Å². The molecule has 1 aliphatic rings. The SMILES string of the molecule is COC(=O)C1=C(OC)CCC(/C=C/c2cccc3ccccc23)=C[C@@H]1c1cccc2ccccc12. The van der Waals surface area contributed by atoms with E-state index in [9.17, 15) is 4.79 Å². The van der Waals surface area contributed by atoms with Gasteiger partial charge >= 0.3 is 5.97 Å². The molecule has 0 radical (unpaired) electrons. The molecule has 0 amide bonds. The third-order valence-electron chi connectivity index (χ3n) is 6.74. The molecule has 0 aromatic heterocycles. The van der Waals surface area contributed by atoms with E-state index < -0.39 is 0 Å². The number of esters is 1. The molecule has 0 saturated heterocycles. The van der Waals surface area contributed by atoms with Crippen LogP contribution in [0.2, 0.25) is 0 Å². The van der Waals surface area contributed by atoms with Crippen molar-refractivity contribution in [1.29, 1.82) is 0 Å². The van der Waals surface area contributed by atoms with Gasteiger partial charge in [-0.15, -0.1) is 0 Å². The van der Waals surface area contributed by atoms with Gasteiger partial charge in [0.25, 0.3) is 0 Å². The number of carbonyl (C=O) groups is 1. The van der Waals surface area contributed by atoms with E-state index in [1.807, 2.05) is 18.2 Å². The van der Waals surface area contributed by atoms with Crippen molar-refractivity contribution >= 4 is 33.6 Å². The fourth-order valence-corrected chi connectivity index (χ4v) is 5.01. The molecular formula is C32H28O3. The molecule has 1 atom stereocenters. The van der Waals surface area contributed by atoms with E-state index in [1.165, 1.54) is 23.4 Å². The Morgan fingerprint density at radius 2 is 1.43 bits per heavy atom. The number of hydrogen-bond acceptors (Lipinski definition) is 3. The molecule has 35 heavy (non-hydrogen) atoms. The van der Waals surface area contributed by atoms with Crippen LogP contribution in [0.3, 0.4) is 0 Å². The zero-order chi connectivity index (χ0) is 24.2. The van der Waals surface area contributed by atoms with Gasteiger partial charge in [-0.25, -0.2) is 4.79 Å². The number of hydrogen-bond donors (Lipinski definition) is 0. The molecule has 3 nitrogen and oxygen atoms in total. The molecule has 3 heteroatoms. The van der Waals surface area contributed by atoms with Gasteiger partial charge in [0.15, 0.2) is 0 Å². The highest BCUT2D eigenvalue weighted by Gasteiger charge is 2.30. The van der Waals surface area contributed by atoms with Crippen LogP contribution in [-0.4, -0.2) is 20.2 Å². The Morgan fingerprint density at radius 3 is 2.17 bits per heavy atom. The lowest BCUT2D eigenvalue weighted by Crippen LogP contribution is -2.15. The van der Waals surface area contributed by atoms with Gasteiger partial charge in [0.1, 0.15) is 5.76 Å². The van der Waals surface area contributed by atoms with Gasteiger partial charge in [0.05, 0.1) is 19.8 Å². The first-order valence-corrected chi connectivity index (χ1v) is 11.9. The Morgan fingerprint density at radius 1 is 0.771 bits per heavy atom. The molecule has 4 aromatic rings. The summed E-state index contributed by atoms with van der Waals surface area (Å²) < 4.78 is 11.0. The Labute approximate surface area is 206 Å². The van der Waals surface area contributed by atoms with Crippen molar-refractivity contribution in [3.63, 3.8) is 0 Å². The molecule has 174 valence electrons. The standard InChI is InChI=1S/C32H28O3/c1-34-30-20-18-22(17-19-25-12-7-11-23-9-3-5-14-26(23)25)21-29(31(30)32(33)35-2)28-16-8-13-24-10-4-6-15-27(24)28/h3-17,19,21,29H,18,20H2,1-2H3/b19-17+/t29-/m1/s1. The van der Waals surface area contributed by atoms with E-state index >= 15 is 0 Å². The number of rotatable bonds is 5. The summed E-state index contributed by atoms with van der Waals surface area (Å²) in [6.07, 6.45) is 7.94. The van der Waals surface area contributed by atoms with Crippen molar-refractivity contribution in [1.82, 2.24) is 0 Å². The lowest BCUT2D eigenvalue weighted by atomic mass is 9.86. The molecular weight excluding hydrogens is 432 g/mol. The molecule has 1 aliphatic carbocycles. The summed E-state index contributed by atoms with van der Waals surface area (Å²) in [5.41, 5.74) is 3.96. The van der Waals surface area contributed by atoms with Crippen LogP contribution >= 0.6 is 0 Å². The Hall–Kier alpha value is -4.11. The van der Waals surface area contributed by atoms with E-state index in [2.05, 4.69) is 85.0 Å². The zero-order valence-corrected chi connectivity index (χ0v) is 20.0. The maximum Gasteiger partial charge on any atom is 0.338 e. The van der Waals surface area contributed by atoms with Crippen LogP contribution < -0.4 is 0 Å². The lowest BCUT2D eigenvalue weighted by Gasteiger charge is -2.20. The first-order chi connectivity index (χ1) is 17.2. The second-order valence-corrected chi connectivity index (χ2v) is 8.72. The molecule has 0 unspecified atom stereocenters. The summed E-state index contributed by atoms with van der Waals surface area (Å²) in [4.78, 5) is 13.0. The maximum absolute atomic E-state index is 13.0. The highest BCUT2D eigenvalue weighted by atomic mass is 16.5. The van der Waals surface area contributed by atoms with Crippen molar-refractivity contribution in [3.05, 3.63) is 125 Å². The van der Waals surface area contributed by atoms with Crippen molar-refractivity contribution in [2.75, 3.05) is 14.2 Å². The molecule has 4 aromatic carbocycles. The second kappa shape index (κ2) is 10.0. The number of carbonyl (C=O) groups excluding carboxylic acids is 1. The van der Waals surface area contributed by atoms with Gasteiger partial charge in [0.2, 0.25) is 0 Å². The third kappa shape index (κ3) is 4.50. The lowest BCUT2D eigenvalue weighted by molar-refractivity contribution is -0.136. The Bertz CT molecular complexity index is 1480. The summed E-state index contributed by atoms with van der Waals surface area (Å²) in [6, 6.07) is 29.3. The molecule has 0 saturated carbocycles. The van der Waals surface area contributed by atoms with Crippen molar-refractivity contribution in [3.8, 4) is 0 Å². The third-order valence-corrected chi connectivity index (χ3v) is 6.74. The van der Waals surface area contributed by atoms with Gasteiger partial charge in [-0.3, -0.25) is 0 Å². The molecule has 0 bridgehead atoms. The Kier molecular flexibility index (Phi) is 6.49. The Balaban J connectivity index is 1.64. The minimum absolute atomic E-state index is 0.279. The van der Waals surface area contributed by atoms with Gasteiger partial charge < -0.3 is 9.47 Å². The van der Waals surface area contributed by atoms with E-state index in [-0.39, 0.29) is 11.9 Å². The van der Waals surface area contributed by atoms with Gasteiger partial charge in [-0.1, -0.05) is 109 Å². The first-order valence-electron chi connectivity index (χ1n) is 11.9. The van der Waals surface area contributed by atoms with E-state index in [0.717, 1.165) is 28.3 Å². The van der Waals surface area contributed by atoms with Crippen molar-refractivity contribution < 1.29 is 14.3 Å². The monoisotopic (exact) mass is 460 g/mol. The number of fused-ring (bicyclic) bond motifs is 2.